The maximum Gasteiger partial charge on any atom is 0.159 e. The van der Waals surface area contributed by atoms with E-state index in [0.29, 0.717) is 11.2 Å². The van der Waals surface area contributed by atoms with E-state index in [4.69, 9.17) is 11.6 Å². The molecular weight excluding hydrogens is 282 g/mol. The van der Waals surface area contributed by atoms with Crippen LogP contribution in [0.2, 0.25) is 5.15 Å². The molecule has 0 radical (unpaired) electrons. The lowest BCUT2D eigenvalue weighted by Crippen LogP contribution is -2.26. The lowest BCUT2D eigenvalue weighted by Gasteiger charge is -2.29. The van der Waals surface area contributed by atoms with Crippen molar-refractivity contribution in [2.75, 3.05) is 5.32 Å². The second kappa shape index (κ2) is 6.61. The highest BCUT2D eigenvalue weighted by Gasteiger charge is 2.21. The zero-order valence-corrected chi connectivity index (χ0v) is 13.2. The number of aromatic nitrogens is 2. The third-order valence-corrected chi connectivity index (χ3v) is 4.81. The van der Waals surface area contributed by atoms with E-state index in [0.717, 1.165) is 22.5 Å². The highest BCUT2D eigenvalue weighted by Crippen LogP contribution is 2.31. The van der Waals surface area contributed by atoms with Crippen molar-refractivity contribution in [3.63, 3.8) is 0 Å². The summed E-state index contributed by atoms with van der Waals surface area (Å²) in [6.07, 6.45) is 7.77. The summed E-state index contributed by atoms with van der Waals surface area (Å²) in [6, 6.07) is 8.56. The first-order valence-corrected chi connectivity index (χ1v) is 8.33. The van der Waals surface area contributed by atoms with Crippen LogP contribution in [0, 0.1) is 5.92 Å². The van der Waals surface area contributed by atoms with Gasteiger partial charge in [-0.15, -0.1) is 10.2 Å². The van der Waals surface area contributed by atoms with Gasteiger partial charge in [0.05, 0.1) is 0 Å². The van der Waals surface area contributed by atoms with Crippen LogP contribution in [0.5, 0.6) is 0 Å². The van der Waals surface area contributed by atoms with Gasteiger partial charge in [-0.25, -0.2) is 0 Å². The maximum atomic E-state index is 6.12. The van der Waals surface area contributed by atoms with Crippen LogP contribution in [0.15, 0.2) is 24.3 Å². The third-order valence-electron chi connectivity index (χ3n) is 4.53. The van der Waals surface area contributed by atoms with Crippen molar-refractivity contribution in [1.29, 1.82) is 0 Å². The van der Waals surface area contributed by atoms with Crippen LogP contribution in [0.25, 0.3) is 10.8 Å². The molecule has 112 valence electrons. The molecule has 1 aliphatic carbocycles. The topological polar surface area (TPSA) is 37.8 Å². The first kappa shape index (κ1) is 14.6. The van der Waals surface area contributed by atoms with Crippen LogP contribution in [0.3, 0.4) is 0 Å². The van der Waals surface area contributed by atoms with Gasteiger partial charge in [0.2, 0.25) is 0 Å². The van der Waals surface area contributed by atoms with Crippen LogP contribution in [0.1, 0.15) is 45.4 Å². The molecule has 0 bridgehead atoms. The van der Waals surface area contributed by atoms with Gasteiger partial charge < -0.3 is 5.32 Å². The predicted octanol–water partition coefficient (Wildman–Crippen LogP) is 5.05. The molecule has 0 unspecified atom stereocenters. The number of nitrogens with zero attached hydrogens (tertiary/aromatic N) is 2. The van der Waals surface area contributed by atoms with Crippen molar-refractivity contribution < 1.29 is 0 Å². The quantitative estimate of drug-likeness (QED) is 0.858. The van der Waals surface area contributed by atoms with Gasteiger partial charge in [0.25, 0.3) is 0 Å². The fraction of sp³-hybridized carbons (Fsp3) is 0.529. The van der Waals surface area contributed by atoms with Crippen LogP contribution >= 0.6 is 11.6 Å². The minimum atomic E-state index is 0.475. The SMILES string of the molecule is CCCC1CCC(Nc2nnc(Cl)c3ccccc23)CC1. The Morgan fingerprint density at radius 2 is 1.81 bits per heavy atom. The van der Waals surface area contributed by atoms with Crippen LogP contribution < -0.4 is 5.32 Å². The summed E-state index contributed by atoms with van der Waals surface area (Å²) in [4.78, 5) is 0. The standard InChI is InChI=1S/C17H22ClN3/c1-2-5-12-8-10-13(11-9-12)19-17-15-7-4-3-6-14(15)16(18)20-21-17/h3-4,6-7,12-13H,2,5,8-11H2,1H3,(H,19,21). The number of anilines is 1. The van der Waals surface area contributed by atoms with Crippen molar-refractivity contribution in [1.82, 2.24) is 10.2 Å². The Bertz CT molecular complexity index is 606. The van der Waals surface area contributed by atoms with Gasteiger partial charge in [0.1, 0.15) is 0 Å². The number of fused-ring (bicyclic) bond motifs is 1. The summed E-state index contributed by atoms with van der Waals surface area (Å²) in [5.74, 6) is 1.79. The molecule has 3 rings (SSSR count). The third kappa shape index (κ3) is 3.29. The van der Waals surface area contributed by atoms with Gasteiger partial charge in [0.15, 0.2) is 11.0 Å². The Balaban J connectivity index is 1.73. The molecule has 21 heavy (non-hydrogen) atoms. The Hall–Kier alpha value is -1.35. The molecule has 0 aliphatic heterocycles. The van der Waals surface area contributed by atoms with Gasteiger partial charge >= 0.3 is 0 Å². The molecule has 2 aromatic rings. The van der Waals surface area contributed by atoms with Crippen molar-refractivity contribution in [3.05, 3.63) is 29.4 Å². The smallest absolute Gasteiger partial charge is 0.159 e. The highest BCUT2D eigenvalue weighted by atomic mass is 35.5. The second-order valence-electron chi connectivity index (χ2n) is 6.04. The fourth-order valence-corrected chi connectivity index (χ4v) is 3.58. The van der Waals surface area contributed by atoms with Gasteiger partial charge in [-0.2, -0.15) is 0 Å². The molecular formula is C17H22ClN3. The van der Waals surface area contributed by atoms with Crippen molar-refractivity contribution in [2.24, 2.45) is 5.92 Å². The second-order valence-corrected chi connectivity index (χ2v) is 6.39. The van der Waals surface area contributed by atoms with E-state index in [1.54, 1.807) is 0 Å². The zero-order chi connectivity index (χ0) is 14.7. The molecule has 0 amide bonds. The molecule has 4 heteroatoms. The number of rotatable bonds is 4. The van der Waals surface area contributed by atoms with Gasteiger partial charge in [-0.1, -0.05) is 55.6 Å². The summed E-state index contributed by atoms with van der Waals surface area (Å²) in [5.41, 5.74) is 0. The van der Waals surface area contributed by atoms with Gasteiger partial charge in [0, 0.05) is 16.8 Å². The summed E-state index contributed by atoms with van der Waals surface area (Å²) in [7, 11) is 0. The van der Waals surface area contributed by atoms with E-state index in [9.17, 15) is 0 Å². The Morgan fingerprint density at radius 1 is 1.10 bits per heavy atom. The van der Waals surface area contributed by atoms with E-state index in [-0.39, 0.29) is 0 Å². The molecule has 1 fully saturated rings. The Morgan fingerprint density at radius 3 is 2.52 bits per heavy atom. The number of benzene rings is 1. The molecule has 1 saturated carbocycles. The van der Waals surface area contributed by atoms with E-state index >= 15 is 0 Å². The van der Waals surface area contributed by atoms with Crippen LogP contribution in [0.4, 0.5) is 5.82 Å². The van der Waals surface area contributed by atoms with Crippen molar-refractivity contribution in [2.45, 2.75) is 51.5 Å². The lowest BCUT2D eigenvalue weighted by molar-refractivity contribution is 0.318. The Kier molecular flexibility index (Phi) is 4.59. The van der Waals surface area contributed by atoms with Crippen LogP contribution in [-0.4, -0.2) is 16.2 Å². The number of hydrogen-bond acceptors (Lipinski definition) is 3. The summed E-state index contributed by atoms with van der Waals surface area (Å²) < 4.78 is 0. The summed E-state index contributed by atoms with van der Waals surface area (Å²) in [5, 5.41) is 14.4. The zero-order valence-electron chi connectivity index (χ0n) is 12.5. The number of halogens is 1. The monoisotopic (exact) mass is 303 g/mol. The van der Waals surface area contributed by atoms with E-state index in [1.165, 1.54) is 38.5 Å². The molecule has 0 spiro atoms. The molecule has 1 heterocycles. The molecule has 1 N–H and O–H groups in total. The van der Waals surface area contributed by atoms with Crippen molar-refractivity contribution >= 4 is 28.2 Å². The molecule has 1 aliphatic rings. The molecule has 1 aromatic carbocycles. The largest absolute Gasteiger partial charge is 0.365 e. The highest BCUT2D eigenvalue weighted by molar-refractivity contribution is 6.34. The van der Waals surface area contributed by atoms with Gasteiger partial charge in [-0.05, 0) is 31.6 Å². The summed E-state index contributed by atoms with van der Waals surface area (Å²) in [6.45, 7) is 2.28. The van der Waals surface area contributed by atoms with E-state index in [2.05, 4.69) is 28.5 Å². The predicted molar refractivity (Wildman–Crippen MR) is 88.8 cm³/mol. The van der Waals surface area contributed by atoms with Gasteiger partial charge in [-0.3, -0.25) is 0 Å². The molecule has 0 atom stereocenters. The number of hydrogen-bond donors (Lipinski definition) is 1. The first-order valence-electron chi connectivity index (χ1n) is 7.95. The summed E-state index contributed by atoms with van der Waals surface area (Å²) >= 11 is 6.12. The lowest BCUT2D eigenvalue weighted by atomic mass is 9.83. The van der Waals surface area contributed by atoms with E-state index in [1.807, 2.05) is 18.2 Å². The molecule has 3 nitrogen and oxygen atoms in total. The van der Waals surface area contributed by atoms with E-state index < -0.39 is 0 Å². The minimum Gasteiger partial charge on any atom is -0.365 e. The van der Waals surface area contributed by atoms with Crippen molar-refractivity contribution in [3.8, 4) is 0 Å². The molecule has 1 aromatic heterocycles. The molecule has 0 saturated heterocycles. The average Bonchev–Trinajstić information content (AvgIpc) is 2.52. The minimum absolute atomic E-state index is 0.475. The maximum absolute atomic E-state index is 6.12. The number of nitrogens with one attached hydrogen (secondary N) is 1. The fourth-order valence-electron chi connectivity index (χ4n) is 3.37. The average molecular weight is 304 g/mol. The first-order chi connectivity index (χ1) is 10.3. The normalized spacial score (nSPS) is 22.4. The van der Waals surface area contributed by atoms with Crippen LogP contribution in [-0.2, 0) is 0 Å². The Labute approximate surface area is 131 Å².